The highest BCUT2D eigenvalue weighted by atomic mass is 19.1. The fourth-order valence-electron chi connectivity index (χ4n) is 1.92. The number of halogens is 1. The maximum absolute atomic E-state index is 13.6. The van der Waals surface area contributed by atoms with Crippen LogP contribution >= 0.6 is 0 Å². The highest BCUT2D eigenvalue weighted by Gasteiger charge is 2.17. The zero-order valence-corrected chi connectivity index (χ0v) is 12.1. The van der Waals surface area contributed by atoms with E-state index in [1.54, 1.807) is 13.0 Å². The maximum Gasteiger partial charge on any atom is 0.145 e. The summed E-state index contributed by atoms with van der Waals surface area (Å²) < 4.78 is 13.6. The fraction of sp³-hybridized carbons (Fsp3) is 0.438. The monoisotopic (exact) mass is 247 g/mol. The summed E-state index contributed by atoms with van der Waals surface area (Å²) in [5.41, 5.74) is 2.46. The van der Waals surface area contributed by atoms with Crippen LogP contribution in [0, 0.1) is 12.7 Å². The van der Waals surface area contributed by atoms with Gasteiger partial charge in [0.2, 0.25) is 0 Å². The molecule has 0 fully saturated rings. The summed E-state index contributed by atoms with van der Waals surface area (Å²) in [6.07, 6.45) is 0. The molecule has 0 aliphatic heterocycles. The molecule has 2 aromatic rings. The van der Waals surface area contributed by atoms with Gasteiger partial charge in [-0.25, -0.2) is 4.39 Å². The maximum atomic E-state index is 13.6. The smallest absolute Gasteiger partial charge is 0.145 e. The van der Waals surface area contributed by atoms with Crippen molar-refractivity contribution in [1.82, 2.24) is 4.98 Å². The van der Waals surface area contributed by atoms with Crippen molar-refractivity contribution in [3.05, 3.63) is 41.3 Å². The Labute approximate surface area is 109 Å². The highest BCUT2D eigenvalue weighted by molar-refractivity contribution is 5.83. The van der Waals surface area contributed by atoms with Crippen molar-refractivity contribution < 1.29 is 4.39 Å². The molecular weight excluding hydrogens is 225 g/mol. The average molecular weight is 247 g/mol. The Kier molecular flexibility index (Phi) is 4.44. The molecule has 2 rings (SSSR count). The lowest BCUT2D eigenvalue weighted by Crippen LogP contribution is -2.12. The Bertz CT molecular complexity index is 539. The molecule has 0 saturated carbocycles. The molecule has 0 aliphatic carbocycles. The summed E-state index contributed by atoms with van der Waals surface area (Å²) in [5.74, 6) is -0.232. The molecule has 1 heterocycles. The van der Waals surface area contributed by atoms with Crippen LogP contribution in [-0.4, -0.2) is 4.98 Å². The van der Waals surface area contributed by atoms with E-state index < -0.39 is 0 Å². The zero-order valence-electron chi connectivity index (χ0n) is 12.1. The fourth-order valence-corrected chi connectivity index (χ4v) is 1.92. The summed E-state index contributed by atoms with van der Waals surface area (Å²) in [4.78, 5) is 4.27. The first-order valence-electron chi connectivity index (χ1n) is 6.46. The van der Waals surface area contributed by atoms with Crippen molar-refractivity contribution in [1.29, 1.82) is 0 Å². The molecule has 0 unspecified atom stereocenters. The Morgan fingerprint density at radius 2 is 1.72 bits per heavy atom. The van der Waals surface area contributed by atoms with E-state index in [1.807, 2.05) is 32.0 Å². The highest BCUT2D eigenvalue weighted by Crippen LogP contribution is 2.29. The lowest BCUT2D eigenvalue weighted by atomic mass is 9.84. The SMILES string of the molecule is CC.Cc1nc2cccc(C(C)(C)C)c2cc1F. The van der Waals surface area contributed by atoms with Gasteiger partial charge in [0.1, 0.15) is 5.82 Å². The van der Waals surface area contributed by atoms with Gasteiger partial charge in [-0.05, 0) is 30.0 Å². The molecule has 18 heavy (non-hydrogen) atoms. The van der Waals surface area contributed by atoms with E-state index in [9.17, 15) is 4.39 Å². The first-order valence-corrected chi connectivity index (χ1v) is 6.46. The summed E-state index contributed by atoms with van der Waals surface area (Å²) >= 11 is 0. The molecule has 1 nitrogen and oxygen atoms in total. The molecule has 0 radical (unpaired) electrons. The van der Waals surface area contributed by atoms with Crippen LogP contribution in [0.1, 0.15) is 45.9 Å². The topological polar surface area (TPSA) is 12.9 Å². The molecule has 0 spiro atoms. The molecular formula is C16H22FN. The second-order valence-corrected chi connectivity index (χ2v) is 5.18. The largest absolute Gasteiger partial charge is 0.250 e. The van der Waals surface area contributed by atoms with Gasteiger partial charge in [-0.3, -0.25) is 4.98 Å². The van der Waals surface area contributed by atoms with Crippen molar-refractivity contribution >= 4 is 10.9 Å². The minimum Gasteiger partial charge on any atom is -0.250 e. The summed E-state index contributed by atoms with van der Waals surface area (Å²) in [5, 5.41) is 0.915. The number of hydrogen-bond acceptors (Lipinski definition) is 1. The normalized spacial score (nSPS) is 11.1. The van der Waals surface area contributed by atoms with Gasteiger partial charge in [-0.2, -0.15) is 0 Å². The molecule has 0 saturated heterocycles. The molecule has 0 bridgehead atoms. The van der Waals surface area contributed by atoms with E-state index in [-0.39, 0.29) is 11.2 Å². The lowest BCUT2D eigenvalue weighted by Gasteiger charge is -2.21. The van der Waals surface area contributed by atoms with Crippen LogP contribution in [0.2, 0.25) is 0 Å². The predicted molar refractivity (Wildman–Crippen MR) is 76.5 cm³/mol. The van der Waals surface area contributed by atoms with Crippen LogP contribution < -0.4 is 0 Å². The molecule has 1 aromatic heterocycles. The molecule has 0 aliphatic rings. The summed E-state index contributed by atoms with van der Waals surface area (Å²) in [6, 6.07) is 7.54. The standard InChI is InChI=1S/C14H16FN.C2H6/c1-9-12(15)8-10-11(14(2,3)4)6-5-7-13(10)16-9;1-2/h5-8H,1-4H3;1-2H3. The number of nitrogens with zero attached hydrogens (tertiary/aromatic N) is 1. The van der Waals surface area contributed by atoms with Crippen LogP contribution in [0.25, 0.3) is 10.9 Å². The van der Waals surface area contributed by atoms with Crippen molar-refractivity contribution in [3.63, 3.8) is 0 Å². The van der Waals surface area contributed by atoms with E-state index in [0.717, 1.165) is 16.5 Å². The van der Waals surface area contributed by atoms with Crippen LogP contribution in [0.15, 0.2) is 24.3 Å². The van der Waals surface area contributed by atoms with Gasteiger partial charge < -0.3 is 0 Å². The Hall–Kier alpha value is -1.44. The van der Waals surface area contributed by atoms with Gasteiger partial charge in [0.15, 0.2) is 0 Å². The number of pyridine rings is 1. The van der Waals surface area contributed by atoms with Gasteiger partial charge in [0.25, 0.3) is 0 Å². The van der Waals surface area contributed by atoms with E-state index in [4.69, 9.17) is 0 Å². The second-order valence-electron chi connectivity index (χ2n) is 5.18. The molecule has 2 heteroatoms. The second kappa shape index (κ2) is 5.47. The zero-order chi connectivity index (χ0) is 13.9. The Balaban J connectivity index is 0.000000771. The van der Waals surface area contributed by atoms with Gasteiger partial charge >= 0.3 is 0 Å². The summed E-state index contributed by atoms with van der Waals surface area (Å²) in [6.45, 7) is 12.1. The van der Waals surface area contributed by atoms with Crippen LogP contribution in [-0.2, 0) is 5.41 Å². The van der Waals surface area contributed by atoms with Crippen molar-refractivity contribution in [2.75, 3.05) is 0 Å². The number of aryl methyl sites for hydroxylation is 1. The minimum atomic E-state index is -0.232. The molecule has 0 amide bonds. The number of aromatic nitrogens is 1. The molecule has 1 aromatic carbocycles. The Morgan fingerprint density at radius 3 is 2.28 bits per heavy atom. The predicted octanol–water partition coefficient (Wildman–Crippen LogP) is 5.01. The minimum absolute atomic E-state index is 0.00287. The Morgan fingerprint density at radius 1 is 1.11 bits per heavy atom. The number of hydrogen-bond donors (Lipinski definition) is 0. The van der Waals surface area contributed by atoms with E-state index in [1.165, 1.54) is 0 Å². The van der Waals surface area contributed by atoms with Crippen molar-refractivity contribution in [2.45, 2.75) is 47.0 Å². The summed E-state index contributed by atoms with van der Waals surface area (Å²) in [7, 11) is 0. The van der Waals surface area contributed by atoms with Crippen LogP contribution in [0.4, 0.5) is 4.39 Å². The van der Waals surface area contributed by atoms with Crippen LogP contribution in [0.5, 0.6) is 0 Å². The van der Waals surface area contributed by atoms with Gasteiger partial charge in [-0.1, -0.05) is 46.8 Å². The number of benzene rings is 1. The number of fused-ring (bicyclic) bond motifs is 1. The van der Waals surface area contributed by atoms with Gasteiger partial charge in [0.05, 0.1) is 11.2 Å². The third kappa shape index (κ3) is 2.87. The van der Waals surface area contributed by atoms with Crippen molar-refractivity contribution in [2.24, 2.45) is 0 Å². The molecule has 0 atom stereocenters. The molecule has 0 N–H and O–H groups in total. The first-order chi connectivity index (χ1) is 8.39. The molecule has 98 valence electrons. The first kappa shape index (κ1) is 14.6. The lowest BCUT2D eigenvalue weighted by molar-refractivity contribution is 0.592. The third-order valence-electron chi connectivity index (χ3n) is 2.80. The number of rotatable bonds is 0. The van der Waals surface area contributed by atoms with E-state index in [0.29, 0.717) is 5.69 Å². The average Bonchev–Trinajstić information content (AvgIpc) is 2.31. The quantitative estimate of drug-likeness (QED) is 0.638. The van der Waals surface area contributed by atoms with Gasteiger partial charge in [-0.15, -0.1) is 0 Å². The van der Waals surface area contributed by atoms with E-state index in [2.05, 4.69) is 25.8 Å². The van der Waals surface area contributed by atoms with E-state index >= 15 is 0 Å². The third-order valence-corrected chi connectivity index (χ3v) is 2.80. The van der Waals surface area contributed by atoms with Crippen LogP contribution in [0.3, 0.4) is 0 Å². The van der Waals surface area contributed by atoms with Gasteiger partial charge in [0, 0.05) is 5.39 Å². The van der Waals surface area contributed by atoms with Crippen molar-refractivity contribution in [3.8, 4) is 0 Å².